The average Bonchev–Trinajstić information content (AvgIpc) is 3.29. The molecule has 164 valence electrons. The lowest BCUT2D eigenvalue weighted by atomic mass is 10.1. The normalized spacial score (nSPS) is 10.8. The van der Waals surface area contributed by atoms with Crippen molar-refractivity contribution in [3.8, 4) is 23.3 Å². The summed E-state index contributed by atoms with van der Waals surface area (Å²) in [5, 5.41) is 21.0. The number of aryl methyl sites for hydroxylation is 1. The van der Waals surface area contributed by atoms with Gasteiger partial charge in [-0.1, -0.05) is 30.4 Å². The number of hydrogen-bond acceptors (Lipinski definition) is 8. The fourth-order valence-electron chi connectivity index (χ4n) is 2.58. The molecule has 0 aliphatic carbocycles. The molecule has 0 saturated carbocycles. The maximum atomic E-state index is 12.3. The van der Waals surface area contributed by atoms with Crippen LogP contribution in [0.15, 0.2) is 54.1 Å². The number of nitrogens with zero attached hydrogens (tertiary/aromatic N) is 3. The Morgan fingerprint density at radius 2 is 1.62 bits per heavy atom. The monoisotopic (exact) mass is 450 g/mol. The van der Waals surface area contributed by atoms with Gasteiger partial charge in [0.1, 0.15) is 47.1 Å². The lowest BCUT2D eigenvalue weighted by Gasteiger charge is -2.09. The van der Waals surface area contributed by atoms with Gasteiger partial charge in [-0.05, 0) is 54.5 Å². The largest absolute Gasteiger partial charge is 0.497 e. The van der Waals surface area contributed by atoms with Gasteiger partial charge in [-0.25, -0.2) is 0 Å². The van der Waals surface area contributed by atoms with Crippen LogP contribution in [0.2, 0.25) is 0 Å². The number of nitriles is 1. The molecule has 0 fully saturated rings. The predicted molar refractivity (Wildman–Crippen MR) is 122 cm³/mol. The quantitative estimate of drug-likeness (QED) is 0.281. The zero-order valence-electron chi connectivity index (χ0n) is 17.7. The minimum Gasteiger partial charge on any atom is -0.497 e. The van der Waals surface area contributed by atoms with Gasteiger partial charge in [-0.15, -0.1) is 10.2 Å². The van der Waals surface area contributed by atoms with E-state index in [1.54, 1.807) is 31.4 Å². The Hall–Kier alpha value is -3.90. The number of nitrogens with one attached hydrogen (secondary N) is 1. The summed E-state index contributed by atoms with van der Waals surface area (Å²) in [6.07, 6.45) is 2.24. The highest BCUT2D eigenvalue weighted by Crippen LogP contribution is 2.19. The Balaban J connectivity index is 1.50. The second-order valence-electron chi connectivity index (χ2n) is 6.42. The van der Waals surface area contributed by atoms with Crippen molar-refractivity contribution in [1.82, 2.24) is 10.2 Å². The van der Waals surface area contributed by atoms with Gasteiger partial charge in [0.2, 0.25) is 5.13 Å². The molecule has 1 aromatic heterocycles. The highest BCUT2D eigenvalue weighted by molar-refractivity contribution is 7.15. The molecular formula is C23H22N4O4S. The predicted octanol–water partition coefficient (Wildman–Crippen LogP) is 4.11. The summed E-state index contributed by atoms with van der Waals surface area (Å²) in [7, 11) is 1.61. The summed E-state index contributed by atoms with van der Waals surface area (Å²) < 4.78 is 16.4. The molecule has 1 N–H and O–H groups in total. The summed E-state index contributed by atoms with van der Waals surface area (Å²) in [4.78, 5) is 12.3. The number of aromatic nitrogens is 2. The molecule has 8 nitrogen and oxygen atoms in total. The molecule has 32 heavy (non-hydrogen) atoms. The number of anilines is 1. The molecule has 0 unspecified atom stereocenters. The highest BCUT2D eigenvalue weighted by Gasteiger charge is 2.12. The number of ether oxygens (including phenoxy) is 3. The van der Waals surface area contributed by atoms with Gasteiger partial charge in [0, 0.05) is 0 Å². The van der Waals surface area contributed by atoms with Crippen LogP contribution in [0.25, 0.3) is 6.08 Å². The minimum absolute atomic E-state index is 0.0280. The second kappa shape index (κ2) is 11.5. The standard InChI is InChI=1S/C23H22N4O4S/c1-3-21-26-27-23(32-21)25-22(28)17(15-24)14-16-4-6-19(7-5-16)30-12-13-31-20-10-8-18(29-2)9-11-20/h4-11,14H,3,12-13H2,1-2H3,(H,25,27,28)/b17-14-. The molecule has 1 amide bonds. The van der Waals surface area contributed by atoms with Gasteiger partial charge in [0.05, 0.1) is 7.11 Å². The van der Waals surface area contributed by atoms with Crippen LogP contribution >= 0.6 is 11.3 Å². The fourth-order valence-corrected chi connectivity index (χ4v) is 3.25. The summed E-state index contributed by atoms with van der Waals surface area (Å²) in [6.45, 7) is 2.71. The summed E-state index contributed by atoms with van der Waals surface area (Å²) in [6, 6.07) is 16.3. The summed E-state index contributed by atoms with van der Waals surface area (Å²) in [5.74, 6) is 1.63. The third-order valence-corrected chi connectivity index (χ3v) is 5.21. The first kappa shape index (κ1) is 22.8. The molecule has 9 heteroatoms. The van der Waals surface area contributed by atoms with Crippen molar-refractivity contribution in [1.29, 1.82) is 5.26 Å². The maximum absolute atomic E-state index is 12.3. The van der Waals surface area contributed by atoms with Crippen LogP contribution < -0.4 is 19.5 Å². The van der Waals surface area contributed by atoms with E-state index < -0.39 is 5.91 Å². The van der Waals surface area contributed by atoms with Gasteiger partial charge >= 0.3 is 0 Å². The number of benzene rings is 2. The summed E-state index contributed by atoms with van der Waals surface area (Å²) >= 11 is 1.28. The van der Waals surface area contributed by atoms with E-state index in [0.29, 0.717) is 29.7 Å². The van der Waals surface area contributed by atoms with Gasteiger partial charge in [0.15, 0.2) is 0 Å². The van der Waals surface area contributed by atoms with Gasteiger partial charge in [-0.2, -0.15) is 5.26 Å². The van der Waals surface area contributed by atoms with Crippen molar-refractivity contribution < 1.29 is 19.0 Å². The Bertz CT molecular complexity index is 1100. The smallest absolute Gasteiger partial charge is 0.268 e. The number of hydrogen-bond donors (Lipinski definition) is 1. The van der Waals surface area contributed by atoms with Crippen LogP contribution in [-0.2, 0) is 11.2 Å². The first-order valence-electron chi connectivity index (χ1n) is 9.86. The van der Waals surface area contributed by atoms with E-state index in [-0.39, 0.29) is 5.57 Å². The molecule has 3 aromatic rings. The number of amides is 1. The first-order valence-corrected chi connectivity index (χ1v) is 10.7. The molecule has 0 aliphatic rings. The van der Waals surface area contributed by atoms with E-state index >= 15 is 0 Å². The maximum Gasteiger partial charge on any atom is 0.268 e. The van der Waals surface area contributed by atoms with E-state index in [4.69, 9.17) is 14.2 Å². The van der Waals surface area contributed by atoms with E-state index in [2.05, 4.69) is 15.5 Å². The number of carbonyl (C=O) groups is 1. The van der Waals surface area contributed by atoms with Gasteiger partial charge < -0.3 is 14.2 Å². The Labute approximate surface area is 190 Å². The zero-order valence-corrected chi connectivity index (χ0v) is 18.5. The Morgan fingerprint density at radius 3 is 2.16 bits per heavy atom. The first-order chi connectivity index (χ1) is 15.6. The minimum atomic E-state index is -0.526. The van der Waals surface area contributed by atoms with E-state index in [1.807, 2.05) is 37.3 Å². The lowest BCUT2D eigenvalue weighted by molar-refractivity contribution is -0.112. The average molecular weight is 451 g/mol. The summed E-state index contributed by atoms with van der Waals surface area (Å²) in [5.41, 5.74) is 0.671. The van der Waals surface area contributed by atoms with Crippen LogP contribution in [0.4, 0.5) is 5.13 Å². The zero-order chi connectivity index (χ0) is 22.8. The number of methoxy groups -OCH3 is 1. The van der Waals surface area contributed by atoms with Crippen LogP contribution in [0.3, 0.4) is 0 Å². The molecule has 0 bridgehead atoms. The van der Waals surface area contributed by atoms with Crippen molar-refractivity contribution in [2.75, 3.05) is 25.6 Å². The molecule has 0 atom stereocenters. The SMILES string of the molecule is CCc1nnc(NC(=O)/C(C#N)=C\c2ccc(OCCOc3ccc(OC)cc3)cc2)s1. The van der Waals surface area contributed by atoms with Crippen molar-refractivity contribution in [2.45, 2.75) is 13.3 Å². The molecule has 3 rings (SSSR count). The molecule has 0 aliphatic heterocycles. The van der Waals surface area contributed by atoms with Crippen molar-refractivity contribution >= 4 is 28.5 Å². The van der Waals surface area contributed by atoms with E-state index in [0.717, 1.165) is 22.9 Å². The Morgan fingerprint density at radius 1 is 1.03 bits per heavy atom. The van der Waals surface area contributed by atoms with Crippen LogP contribution in [0, 0.1) is 11.3 Å². The second-order valence-corrected chi connectivity index (χ2v) is 7.48. The lowest BCUT2D eigenvalue weighted by Crippen LogP contribution is -2.13. The van der Waals surface area contributed by atoms with E-state index in [9.17, 15) is 10.1 Å². The Kier molecular flexibility index (Phi) is 8.17. The van der Waals surface area contributed by atoms with Gasteiger partial charge in [-0.3, -0.25) is 10.1 Å². The third-order valence-electron chi connectivity index (χ3n) is 4.23. The highest BCUT2D eigenvalue weighted by atomic mass is 32.1. The molecular weight excluding hydrogens is 428 g/mol. The molecule has 0 spiro atoms. The van der Waals surface area contributed by atoms with Crippen LogP contribution in [0.1, 0.15) is 17.5 Å². The van der Waals surface area contributed by atoms with Crippen LogP contribution in [0.5, 0.6) is 17.2 Å². The molecule has 2 aromatic carbocycles. The third kappa shape index (κ3) is 6.55. The molecule has 0 saturated heterocycles. The van der Waals surface area contributed by atoms with Crippen molar-refractivity contribution in [3.63, 3.8) is 0 Å². The van der Waals surface area contributed by atoms with Crippen molar-refractivity contribution in [2.24, 2.45) is 0 Å². The molecule has 0 radical (unpaired) electrons. The topological polar surface area (TPSA) is 106 Å². The van der Waals surface area contributed by atoms with E-state index in [1.165, 1.54) is 17.4 Å². The fraction of sp³-hybridized carbons (Fsp3) is 0.217. The van der Waals surface area contributed by atoms with Crippen LogP contribution in [-0.4, -0.2) is 36.4 Å². The van der Waals surface area contributed by atoms with Crippen molar-refractivity contribution in [3.05, 3.63) is 64.7 Å². The number of rotatable bonds is 10. The molecule has 1 heterocycles. The number of carbonyl (C=O) groups excluding carboxylic acids is 1. The van der Waals surface area contributed by atoms with Gasteiger partial charge in [0.25, 0.3) is 5.91 Å².